The van der Waals surface area contributed by atoms with Crippen LogP contribution in [0, 0.1) is 10.1 Å². The summed E-state index contributed by atoms with van der Waals surface area (Å²) in [6, 6.07) is 0. The van der Waals surface area contributed by atoms with Crippen molar-refractivity contribution in [2.24, 2.45) is 7.05 Å². The fraction of sp³-hybridized carbons (Fsp3) is 0.750. The minimum Gasteiger partial charge on any atom is -0.388 e. The van der Waals surface area contributed by atoms with E-state index in [4.69, 9.17) is 0 Å². The summed E-state index contributed by atoms with van der Waals surface area (Å²) in [6.45, 7) is 5.75. The zero-order valence-corrected chi connectivity index (χ0v) is 11.9. The van der Waals surface area contributed by atoms with Gasteiger partial charge in [-0.1, -0.05) is 20.3 Å². The van der Waals surface area contributed by atoms with Crippen molar-refractivity contribution < 1.29 is 10.0 Å². The van der Waals surface area contributed by atoms with E-state index in [1.54, 1.807) is 14.0 Å². The molecule has 0 aliphatic heterocycles. The number of hydrogen-bond donors (Lipinski definition) is 2. The van der Waals surface area contributed by atoms with Gasteiger partial charge in [-0.25, -0.2) is 4.68 Å². The van der Waals surface area contributed by atoms with Gasteiger partial charge in [0.1, 0.15) is 5.69 Å². The van der Waals surface area contributed by atoms with Crippen molar-refractivity contribution in [2.45, 2.75) is 45.6 Å². The summed E-state index contributed by atoms with van der Waals surface area (Å²) in [7, 11) is 1.66. The number of aliphatic hydroxyl groups is 1. The van der Waals surface area contributed by atoms with Gasteiger partial charge in [0.2, 0.25) is 5.82 Å². The third-order valence-electron chi connectivity index (χ3n) is 3.16. The van der Waals surface area contributed by atoms with Gasteiger partial charge in [0, 0.05) is 13.6 Å². The van der Waals surface area contributed by atoms with Gasteiger partial charge in [0.25, 0.3) is 0 Å². The summed E-state index contributed by atoms with van der Waals surface area (Å²) in [5, 5.41) is 28.2. The Morgan fingerprint density at radius 3 is 2.63 bits per heavy atom. The summed E-state index contributed by atoms with van der Waals surface area (Å²) >= 11 is 0. The molecule has 0 amide bonds. The molecule has 1 aromatic rings. The average Bonchev–Trinajstić information content (AvgIpc) is 2.63. The molecule has 1 unspecified atom stereocenters. The highest BCUT2D eigenvalue weighted by Gasteiger charge is 2.27. The second-order valence-corrected chi connectivity index (χ2v) is 4.98. The van der Waals surface area contributed by atoms with Gasteiger partial charge in [-0.15, -0.1) is 0 Å². The summed E-state index contributed by atoms with van der Waals surface area (Å²) in [5.74, 6) is 0.349. The van der Waals surface area contributed by atoms with Crippen LogP contribution in [0.2, 0.25) is 0 Å². The second kappa shape index (κ2) is 6.01. The molecule has 0 aliphatic rings. The molecule has 1 heterocycles. The van der Waals surface area contributed by atoms with E-state index in [2.05, 4.69) is 10.4 Å². The Morgan fingerprint density at radius 1 is 1.53 bits per heavy atom. The lowest BCUT2D eigenvalue weighted by molar-refractivity contribution is -0.384. The molecule has 0 aliphatic carbocycles. The summed E-state index contributed by atoms with van der Waals surface area (Å²) in [5.41, 5.74) is -0.409. The van der Waals surface area contributed by atoms with Crippen molar-refractivity contribution in [2.75, 3.05) is 11.9 Å². The van der Waals surface area contributed by atoms with Gasteiger partial charge in [0.15, 0.2) is 0 Å². The van der Waals surface area contributed by atoms with Crippen molar-refractivity contribution in [3.63, 3.8) is 0 Å². The largest absolute Gasteiger partial charge is 0.388 e. The predicted molar refractivity (Wildman–Crippen MR) is 73.3 cm³/mol. The van der Waals surface area contributed by atoms with Crippen molar-refractivity contribution in [3.05, 3.63) is 15.8 Å². The van der Waals surface area contributed by atoms with Gasteiger partial charge in [0.05, 0.1) is 10.5 Å². The minimum absolute atomic E-state index is 0.0104. The third kappa shape index (κ3) is 3.66. The number of nitrogens with zero attached hydrogens (tertiary/aromatic N) is 3. The zero-order chi connectivity index (χ0) is 14.6. The van der Waals surface area contributed by atoms with Crippen LogP contribution in [0.3, 0.4) is 0 Å². The quantitative estimate of drug-likeness (QED) is 0.582. The lowest BCUT2D eigenvalue weighted by Crippen LogP contribution is -2.33. The van der Waals surface area contributed by atoms with Crippen LogP contribution < -0.4 is 5.32 Å². The van der Waals surface area contributed by atoms with Crippen LogP contribution in [-0.4, -0.2) is 32.0 Å². The molecule has 19 heavy (non-hydrogen) atoms. The van der Waals surface area contributed by atoms with E-state index in [1.807, 2.05) is 13.8 Å². The second-order valence-electron chi connectivity index (χ2n) is 4.98. The number of anilines is 1. The summed E-state index contributed by atoms with van der Waals surface area (Å²) < 4.78 is 1.47. The number of aromatic nitrogens is 2. The van der Waals surface area contributed by atoms with Crippen LogP contribution in [0.4, 0.5) is 11.5 Å². The molecule has 0 saturated carbocycles. The Balaban J connectivity index is 3.02. The number of nitrogens with one attached hydrogen (secondary N) is 1. The Kier molecular flexibility index (Phi) is 4.88. The molecule has 0 saturated heterocycles. The van der Waals surface area contributed by atoms with E-state index in [0.29, 0.717) is 24.4 Å². The smallest absolute Gasteiger partial charge is 0.333 e. The van der Waals surface area contributed by atoms with Crippen LogP contribution in [0.5, 0.6) is 0 Å². The lowest BCUT2D eigenvalue weighted by Gasteiger charge is -2.21. The molecule has 1 rings (SSSR count). The van der Waals surface area contributed by atoms with Gasteiger partial charge in [-0.3, -0.25) is 10.1 Å². The van der Waals surface area contributed by atoms with Crippen molar-refractivity contribution >= 4 is 11.5 Å². The number of nitro groups is 1. The van der Waals surface area contributed by atoms with E-state index in [1.165, 1.54) is 4.68 Å². The minimum atomic E-state index is -0.900. The first-order chi connectivity index (χ1) is 8.82. The van der Waals surface area contributed by atoms with Gasteiger partial charge in [-0.2, -0.15) is 5.10 Å². The molecule has 2 N–H and O–H groups in total. The van der Waals surface area contributed by atoms with E-state index in [0.717, 1.165) is 6.42 Å². The topological polar surface area (TPSA) is 93.2 Å². The molecule has 1 aromatic heterocycles. The summed E-state index contributed by atoms with van der Waals surface area (Å²) in [4.78, 5) is 10.8. The Bertz CT molecular complexity index is 454. The maximum absolute atomic E-state index is 11.2. The molecule has 0 spiro atoms. The molecule has 0 fully saturated rings. The van der Waals surface area contributed by atoms with E-state index in [-0.39, 0.29) is 12.2 Å². The molecule has 1 atom stereocenters. The van der Waals surface area contributed by atoms with E-state index >= 15 is 0 Å². The lowest BCUT2D eigenvalue weighted by atomic mass is 10.0. The first-order valence-electron chi connectivity index (χ1n) is 6.49. The van der Waals surface area contributed by atoms with E-state index in [9.17, 15) is 15.2 Å². The van der Waals surface area contributed by atoms with Gasteiger partial charge >= 0.3 is 5.69 Å². The number of hydrogen-bond acceptors (Lipinski definition) is 5. The fourth-order valence-electron chi connectivity index (χ4n) is 1.76. The maximum atomic E-state index is 11.2. The monoisotopic (exact) mass is 270 g/mol. The third-order valence-corrected chi connectivity index (χ3v) is 3.16. The summed E-state index contributed by atoms with van der Waals surface area (Å²) in [6.07, 6.45) is 1.92. The van der Waals surface area contributed by atoms with Crippen LogP contribution in [0.15, 0.2) is 0 Å². The highest BCUT2D eigenvalue weighted by Crippen LogP contribution is 2.29. The molecular formula is C12H22N4O3. The molecule has 7 nitrogen and oxygen atoms in total. The maximum Gasteiger partial charge on any atom is 0.333 e. The van der Waals surface area contributed by atoms with Crippen LogP contribution in [0.1, 0.15) is 39.3 Å². The predicted octanol–water partition coefficient (Wildman–Crippen LogP) is 1.85. The highest BCUT2D eigenvalue weighted by molar-refractivity contribution is 5.60. The van der Waals surface area contributed by atoms with Crippen molar-refractivity contribution in [3.8, 4) is 0 Å². The number of aryl methyl sites for hydroxylation is 2. The van der Waals surface area contributed by atoms with Crippen LogP contribution in [0.25, 0.3) is 0 Å². The zero-order valence-electron chi connectivity index (χ0n) is 11.9. The van der Waals surface area contributed by atoms with Gasteiger partial charge < -0.3 is 10.4 Å². The Morgan fingerprint density at radius 2 is 2.16 bits per heavy atom. The van der Waals surface area contributed by atoms with E-state index < -0.39 is 10.5 Å². The molecule has 7 heteroatoms. The van der Waals surface area contributed by atoms with Crippen molar-refractivity contribution in [1.29, 1.82) is 0 Å². The molecule has 0 radical (unpaired) electrons. The molecular weight excluding hydrogens is 248 g/mol. The fourth-order valence-corrected chi connectivity index (χ4v) is 1.76. The van der Waals surface area contributed by atoms with Gasteiger partial charge in [-0.05, 0) is 19.8 Å². The van der Waals surface area contributed by atoms with Crippen LogP contribution in [-0.2, 0) is 13.5 Å². The molecule has 0 bridgehead atoms. The number of rotatable bonds is 7. The first kappa shape index (κ1) is 15.4. The highest BCUT2D eigenvalue weighted by atomic mass is 16.6. The van der Waals surface area contributed by atoms with Crippen molar-refractivity contribution in [1.82, 2.24) is 9.78 Å². The first-order valence-corrected chi connectivity index (χ1v) is 6.49. The Hall–Kier alpha value is -1.63. The SMILES string of the molecule is CCCc1nn(C)c(NCC(C)(O)CC)c1[N+](=O)[O-]. The Labute approximate surface area is 112 Å². The normalized spacial score (nSPS) is 14.2. The standard InChI is InChI=1S/C12H22N4O3/c1-5-7-9-10(16(18)19)11(15(4)14-9)13-8-12(3,17)6-2/h13,17H,5-8H2,1-4H3. The molecule has 0 aromatic carbocycles. The average molecular weight is 270 g/mol. The molecule has 108 valence electrons. The van der Waals surface area contributed by atoms with Crippen LogP contribution >= 0.6 is 0 Å².